The van der Waals surface area contributed by atoms with Crippen molar-refractivity contribution in [1.82, 2.24) is 14.5 Å². The third-order valence-corrected chi connectivity index (χ3v) is 5.48. The third kappa shape index (κ3) is 2.34. The van der Waals surface area contributed by atoms with Crippen molar-refractivity contribution in [3.05, 3.63) is 42.7 Å². The molecule has 0 aliphatic heterocycles. The number of aromatic carboxylic acids is 1. The lowest BCUT2D eigenvalue weighted by Gasteiger charge is -2.07. The summed E-state index contributed by atoms with van der Waals surface area (Å²) in [7, 11) is 0. The molecule has 0 aliphatic carbocycles. The Morgan fingerprint density at radius 3 is 2.68 bits per heavy atom. The highest BCUT2D eigenvalue weighted by atomic mass is 32.1. The van der Waals surface area contributed by atoms with Gasteiger partial charge in [0.15, 0.2) is 5.69 Å². The Balaban J connectivity index is 2.12. The number of carboxylic acid groups (broad SMARTS) is 1. The molecule has 0 atom stereocenters. The maximum Gasteiger partial charge on any atom is 0.355 e. The molecule has 0 saturated heterocycles. The predicted molar refractivity (Wildman–Crippen MR) is 86.3 cm³/mol. The van der Waals surface area contributed by atoms with Gasteiger partial charge < -0.3 is 5.11 Å². The average Bonchev–Trinajstić information content (AvgIpc) is 3.01. The van der Waals surface area contributed by atoms with Crippen LogP contribution < -0.4 is 5.56 Å². The van der Waals surface area contributed by atoms with Crippen molar-refractivity contribution >= 4 is 38.9 Å². The van der Waals surface area contributed by atoms with E-state index in [0.717, 1.165) is 15.3 Å². The number of aromatic nitrogens is 3. The Morgan fingerprint density at radius 1 is 1.32 bits per heavy atom. The topological polar surface area (TPSA) is 85.1 Å². The molecule has 114 valence electrons. The molecule has 0 spiro atoms. The first kappa shape index (κ1) is 14.9. The van der Waals surface area contributed by atoms with Crippen LogP contribution in [0.3, 0.4) is 0 Å². The van der Waals surface area contributed by atoms with Crippen molar-refractivity contribution < 1.29 is 9.90 Å². The van der Waals surface area contributed by atoms with E-state index in [1.165, 1.54) is 28.1 Å². The molecule has 0 saturated carbocycles. The monoisotopic (exact) mass is 335 g/mol. The van der Waals surface area contributed by atoms with Crippen LogP contribution in [0.15, 0.2) is 10.2 Å². The van der Waals surface area contributed by atoms with Gasteiger partial charge in [0.1, 0.15) is 15.7 Å². The van der Waals surface area contributed by atoms with E-state index in [1.807, 2.05) is 13.8 Å². The van der Waals surface area contributed by atoms with Crippen LogP contribution in [0.1, 0.15) is 31.8 Å². The lowest BCUT2D eigenvalue weighted by Crippen LogP contribution is -2.24. The van der Waals surface area contributed by atoms with Crippen LogP contribution in [0, 0.1) is 20.8 Å². The molecule has 8 heteroatoms. The zero-order valence-electron chi connectivity index (χ0n) is 12.2. The molecule has 22 heavy (non-hydrogen) atoms. The standard InChI is InChI=1S/C14H13N3O3S2/c1-6-7(2)22-12-11(6)13(18)17(8(3)15-12)4-10-16-9(5-21-10)14(19)20/h5H,4H2,1-3H3,(H,19,20). The zero-order chi connectivity index (χ0) is 16.0. The molecule has 0 aromatic carbocycles. The molecule has 3 aromatic heterocycles. The van der Waals surface area contributed by atoms with Crippen LogP contribution >= 0.6 is 22.7 Å². The Bertz CT molecular complexity index is 952. The SMILES string of the molecule is Cc1sc2nc(C)n(Cc3nc(C(=O)O)cs3)c(=O)c2c1C. The molecule has 3 heterocycles. The number of aryl methyl sites for hydroxylation is 3. The van der Waals surface area contributed by atoms with E-state index in [2.05, 4.69) is 9.97 Å². The number of thiophene rings is 1. The quantitative estimate of drug-likeness (QED) is 0.795. The molecule has 0 fully saturated rings. The molecule has 6 nitrogen and oxygen atoms in total. The Hall–Kier alpha value is -2.06. The maximum atomic E-state index is 12.7. The van der Waals surface area contributed by atoms with Gasteiger partial charge in [-0.2, -0.15) is 0 Å². The number of carboxylic acids is 1. The lowest BCUT2D eigenvalue weighted by atomic mass is 10.2. The van der Waals surface area contributed by atoms with Crippen LogP contribution in [0.5, 0.6) is 0 Å². The van der Waals surface area contributed by atoms with Crippen LogP contribution in [-0.2, 0) is 6.54 Å². The minimum absolute atomic E-state index is 0.00213. The largest absolute Gasteiger partial charge is 0.476 e. The molecule has 0 radical (unpaired) electrons. The first-order chi connectivity index (χ1) is 10.4. The molecule has 0 amide bonds. The van der Waals surface area contributed by atoms with E-state index in [0.29, 0.717) is 16.2 Å². The van der Waals surface area contributed by atoms with Gasteiger partial charge in [0.05, 0.1) is 11.9 Å². The smallest absolute Gasteiger partial charge is 0.355 e. The van der Waals surface area contributed by atoms with E-state index >= 15 is 0 Å². The molecule has 3 rings (SSSR count). The molecule has 0 bridgehead atoms. The molecule has 0 aliphatic rings. The van der Waals surface area contributed by atoms with E-state index in [1.54, 1.807) is 11.5 Å². The number of hydrogen-bond acceptors (Lipinski definition) is 6. The molecule has 3 aromatic rings. The van der Waals surface area contributed by atoms with Crippen LogP contribution in [0.2, 0.25) is 0 Å². The van der Waals surface area contributed by atoms with Crippen molar-refractivity contribution in [2.24, 2.45) is 0 Å². The number of thiazole rings is 1. The second kappa shape index (κ2) is 5.29. The van der Waals surface area contributed by atoms with Gasteiger partial charge in [-0.1, -0.05) is 0 Å². The average molecular weight is 335 g/mol. The van der Waals surface area contributed by atoms with Gasteiger partial charge in [-0.3, -0.25) is 9.36 Å². The molecule has 0 unspecified atom stereocenters. The maximum absolute atomic E-state index is 12.7. The fraction of sp³-hybridized carbons (Fsp3) is 0.286. The van der Waals surface area contributed by atoms with Gasteiger partial charge in [0.2, 0.25) is 0 Å². The fourth-order valence-electron chi connectivity index (χ4n) is 2.23. The first-order valence-electron chi connectivity index (χ1n) is 6.53. The number of carbonyl (C=O) groups is 1. The van der Waals surface area contributed by atoms with E-state index in [9.17, 15) is 9.59 Å². The summed E-state index contributed by atoms with van der Waals surface area (Å²) in [6.07, 6.45) is 0. The van der Waals surface area contributed by atoms with Gasteiger partial charge >= 0.3 is 5.97 Å². The van der Waals surface area contributed by atoms with Crippen molar-refractivity contribution in [2.45, 2.75) is 27.3 Å². The zero-order valence-corrected chi connectivity index (χ0v) is 13.8. The summed E-state index contributed by atoms with van der Waals surface area (Å²) in [6, 6.07) is 0. The summed E-state index contributed by atoms with van der Waals surface area (Å²) in [6.45, 7) is 5.90. The molecular formula is C14H13N3O3S2. The van der Waals surface area contributed by atoms with E-state index in [4.69, 9.17) is 5.11 Å². The van der Waals surface area contributed by atoms with Crippen molar-refractivity contribution in [1.29, 1.82) is 0 Å². The van der Waals surface area contributed by atoms with Gasteiger partial charge in [-0.05, 0) is 26.3 Å². The van der Waals surface area contributed by atoms with Crippen molar-refractivity contribution in [2.75, 3.05) is 0 Å². The Kier molecular flexibility index (Phi) is 3.57. The summed E-state index contributed by atoms with van der Waals surface area (Å²) >= 11 is 2.74. The van der Waals surface area contributed by atoms with E-state index in [-0.39, 0.29) is 17.8 Å². The van der Waals surface area contributed by atoms with Gasteiger partial charge in [0.25, 0.3) is 5.56 Å². The van der Waals surface area contributed by atoms with Crippen LogP contribution in [0.4, 0.5) is 0 Å². The van der Waals surface area contributed by atoms with E-state index < -0.39 is 5.97 Å². The summed E-state index contributed by atoms with van der Waals surface area (Å²) in [5.41, 5.74) is 0.857. The highest BCUT2D eigenvalue weighted by Crippen LogP contribution is 2.26. The normalized spacial score (nSPS) is 11.2. The lowest BCUT2D eigenvalue weighted by molar-refractivity contribution is 0.0691. The Morgan fingerprint density at radius 2 is 2.05 bits per heavy atom. The minimum atomic E-state index is -1.07. The van der Waals surface area contributed by atoms with Gasteiger partial charge in [0, 0.05) is 10.3 Å². The van der Waals surface area contributed by atoms with Crippen molar-refractivity contribution in [3.63, 3.8) is 0 Å². The van der Waals surface area contributed by atoms with Gasteiger partial charge in [-0.25, -0.2) is 14.8 Å². The molecular weight excluding hydrogens is 322 g/mol. The number of rotatable bonds is 3. The number of hydrogen-bond donors (Lipinski definition) is 1. The summed E-state index contributed by atoms with van der Waals surface area (Å²) in [5.74, 6) is -0.463. The Labute approximate surface area is 133 Å². The number of nitrogens with zero attached hydrogens (tertiary/aromatic N) is 3. The summed E-state index contributed by atoms with van der Waals surface area (Å²) in [5, 5.41) is 11.6. The third-order valence-electron chi connectivity index (χ3n) is 3.54. The van der Waals surface area contributed by atoms with Crippen LogP contribution in [-0.4, -0.2) is 25.6 Å². The summed E-state index contributed by atoms with van der Waals surface area (Å²) in [4.78, 5) is 34.0. The predicted octanol–water partition coefficient (Wildman–Crippen LogP) is 2.59. The van der Waals surface area contributed by atoms with Crippen LogP contribution in [0.25, 0.3) is 10.2 Å². The second-order valence-electron chi connectivity index (χ2n) is 4.95. The second-order valence-corrected chi connectivity index (χ2v) is 7.09. The summed E-state index contributed by atoms with van der Waals surface area (Å²) < 4.78 is 1.55. The van der Waals surface area contributed by atoms with Gasteiger partial charge in [-0.15, -0.1) is 22.7 Å². The minimum Gasteiger partial charge on any atom is -0.476 e. The number of fused-ring (bicyclic) bond motifs is 1. The first-order valence-corrected chi connectivity index (χ1v) is 8.23. The van der Waals surface area contributed by atoms with Crippen molar-refractivity contribution in [3.8, 4) is 0 Å². The highest BCUT2D eigenvalue weighted by Gasteiger charge is 2.16. The highest BCUT2D eigenvalue weighted by molar-refractivity contribution is 7.18. The fourth-order valence-corrected chi connectivity index (χ4v) is 4.05. The molecule has 1 N–H and O–H groups in total.